The van der Waals surface area contributed by atoms with E-state index in [9.17, 15) is 9.59 Å². The normalized spacial score (nSPS) is 21.2. The van der Waals surface area contributed by atoms with Crippen molar-refractivity contribution in [2.75, 3.05) is 5.32 Å². The predicted molar refractivity (Wildman–Crippen MR) is 62.3 cm³/mol. The van der Waals surface area contributed by atoms with Gasteiger partial charge in [-0.15, -0.1) is 0 Å². The van der Waals surface area contributed by atoms with E-state index < -0.39 is 0 Å². The molecule has 1 aromatic rings. The van der Waals surface area contributed by atoms with Gasteiger partial charge < -0.3 is 5.32 Å². The average Bonchev–Trinajstić information content (AvgIpc) is 2.89. The largest absolute Gasteiger partial charge is 0.326 e. The topological polar surface area (TPSA) is 46.2 Å². The molecule has 0 aliphatic heterocycles. The minimum Gasteiger partial charge on any atom is -0.326 e. The number of carbonyl (C=O) groups is 2. The molecule has 1 saturated carbocycles. The Balaban J connectivity index is 1.99. The van der Waals surface area contributed by atoms with E-state index in [1.165, 1.54) is 0 Å². The molecule has 0 radical (unpaired) electrons. The van der Waals surface area contributed by atoms with Gasteiger partial charge in [-0.1, -0.05) is 13.8 Å². The molecule has 0 heterocycles. The van der Waals surface area contributed by atoms with Crippen molar-refractivity contribution in [2.45, 2.75) is 20.3 Å². The minimum atomic E-state index is 0.0730. The second-order valence-corrected chi connectivity index (χ2v) is 4.97. The van der Waals surface area contributed by atoms with Crippen LogP contribution in [0.1, 0.15) is 30.6 Å². The number of anilines is 1. The number of carbonyl (C=O) groups excluding carboxylic acids is 2. The second kappa shape index (κ2) is 3.74. The first-order chi connectivity index (χ1) is 7.53. The van der Waals surface area contributed by atoms with Gasteiger partial charge in [-0.3, -0.25) is 9.59 Å². The molecule has 1 aromatic carbocycles. The van der Waals surface area contributed by atoms with E-state index in [2.05, 4.69) is 19.2 Å². The van der Waals surface area contributed by atoms with Crippen molar-refractivity contribution in [1.29, 1.82) is 0 Å². The second-order valence-electron chi connectivity index (χ2n) is 4.97. The standard InChI is InChI=1S/C13H15NO2/c1-13(2)7-11(13)12(16)14-10-5-3-9(8-15)4-6-10/h3-6,8,11H,7H2,1-2H3,(H,14,16). The Morgan fingerprint density at radius 3 is 2.38 bits per heavy atom. The fourth-order valence-corrected chi connectivity index (χ4v) is 1.79. The molecule has 1 fully saturated rings. The van der Waals surface area contributed by atoms with E-state index in [4.69, 9.17) is 0 Å². The highest BCUT2D eigenvalue weighted by Gasteiger charge is 2.50. The Kier molecular flexibility index (Phi) is 2.54. The van der Waals surface area contributed by atoms with Gasteiger partial charge in [0.2, 0.25) is 5.91 Å². The van der Waals surface area contributed by atoms with Crippen LogP contribution in [0.5, 0.6) is 0 Å². The molecule has 0 spiro atoms. The summed E-state index contributed by atoms with van der Waals surface area (Å²) in [5, 5.41) is 2.86. The van der Waals surface area contributed by atoms with E-state index in [1.807, 2.05) is 0 Å². The summed E-state index contributed by atoms with van der Waals surface area (Å²) in [6, 6.07) is 6.88. The number of rotatable bonds is 3. The van der Waals surface area contributed by atoms with Gasteiger partial charge in [0.25, 0.3) is 0 Å². The molecule has 0 aromatic heterocycles. The van der Waals surface area contributed by atoms with Gasteiger partial charge in [0.1, 0.15) is 6.29 Å². The molecule has 1 aliphatic rings. The average molecular weight is 217 g/mol. The summed E-state index contributed by atoms with van der Waals surface area (Å²) < 4.78 is 0. The Morgan fingerprint density at radius 1 is 1.38 bits per heavy atom. The maximum atomic E-state index is 11.8. The van der Waals surface area contributed by atoms with Crippen molar-refractivity contribution in [3.05, 3.63) is 29.8 Å². The quantitative estimate of drug-likeness (QED) is 0.790. The van der Waals surface area contributed by atoms with Crippen LogP contribution in [-0.4, -0.2) is 12.2 Å². The highest BCUT2D eigenvalue weighted by Crippen LogP contribution is 2.51. The molecule has 0 saturated heterocycles. The third-order valence-corrected chi connectivity index (χ3v) is 3.14. The molecule has 3 nitrogen and oxygen atoms in total. The van der Waals surface area contributed by atoms with Crippen molar-refractivity contribution in [3.63, 3.8) is 0 Å². The number of hydrogen-bond acceptors (Lipinski definition) is 2. The number of amides is 1. The van der Waals surface area contributed by atoms with Crippen LogP contribution in [0.4, 0.5) is 5.69 Å². The van der Waals surface area contributed by atoms with E-state index >= 15 is 0 Å². The van der Waals surface area contributed by atoms with Crippen LogP contribution in [0, 0.1) is 11.3 Å². The lowest BCUT2D eigenvalue weighted by molar-refractivity contribution is -0.118. The zero-order valence-electron chi connectivity index (χ0n) is 9.49. The fraction of sp³-hybridized carbons (Fsp3) is 0.385. The summed E-state index contributed by atoms with van der Waals surface area (Å²) in [6.45, 7) is 4.18. The van der Waals surface area contributed by atoms with Gasteiger partial charge in [-0.25, -0.2) is 0 Å². The molecule has 1 aliphatic carbocycles. The molecule has 1 unspecified atom stereocenters. The van der Waals surface area contributed by atoms with Crippen molar-refractivity contribution in [2.24, 2.45) is 11.3 Å². The number of benzene rings is 1. The van der Waals surface area contributed by atoms with Crippen molar-refractivity contribution in [1.82, 2.24) is 0 Å². The monoisotopic (exact) mass is 217 g/mol. The van der Waals surface area contributed by atoms with Gasteiger partial charge in [0.05, 0.1) is 0 Å². The first kappa shape index (κ1) is 10.9. The number of nitrogens with one attached hydrogen (secondary N) is 1. The lowest BCUT2D eigenvalue weighted by atomic mass is 10.1. The molecule has 2 rings (SSSR count). The maximum Gasteiger partial charge on any atom is 0.228 e. The molecule has 0 bridgehead atoms. The molecule has 1 N–H and O–H groups in total. The van der Waals surface area contributed by atoms with Crippen LogP contribution >= 0.6 is 0 Å². The zero-order valence-corrected chi connectivity index (χ0v) is 9.49. The highest BCUT2D eigenvalue weighted by molar-refractivity contribution is 5.95. The molecule has 1 amide bonds. The number of aldehydes is 1. The first-order valence-electron chi connectivity index (χ1n) is 5.39. The van der Waals surface area contributed by atoms with E-state index in [-0.39, 0.29) is 17.2 Å². The van der Waals surface area contributed by atoms with E-state index in [0.717, 1.165) is 18.4 Å². The maximum absolute atomic E-state index is 11.8. The predicted octanol–water partition coefficient (Wildman–Crippen LogP) is 2.48. The SMILES string of the molecule is CC1(C)CC1C(=O)Nc1ccc(C=O)cc1. The molecule has 84 valence electrons. The Labute approximate surface area is 94.9 Å². The molecule has 16 heavy (non-hydrogen) atoms. The van der Waals surface area contributed by atoms with Crippen molar-refractivity contribution in [3.8, 4) is 0 Å². The van der Waals surface area contributed by atoms with Gasteiger partial charge >= 0.3 is 0 Å². The van der Waals surface area contributed by atoms with Crippen LogP contribution in [-0.2, 0) is 4.79 Å². The van der Waals surface area contributed by atoms with Gasteiger partial charge in [-0.05, 0) is 36.1 Å². The summed E-state index contributed by atoms with van der Waals surface area (Å²) in [6.07, 6.45) is 1.74. The summed E-state index contributed by atoms with van der Waals surface area (Å²) in [5.74, 6) is 0.196. The molecule has 3 heteroatoms. The van der Waals surface area contributed by atoms with Crippen LogP contribution in [0.15, 0.2) is 24.3 Å². The third-order valence-electron chi connectivity index (χ3n) is 3.14. The first-order valence-corrected chi connectivity index (χ1v) is 5.39. The van der Waals surface area contributed by atoms with Crippen molar-refractivity contribution >= 4 is 17.9 Å². The van der Waals surface area contributed by atoms with Gasteiger partial charge in [0.15, 0.2) is 0 Å². The fourth-order valence-electron chi connectivity index (χ4n) is 1.79. The van der Waals surface area contributed by atoms with Crippen LogP contribution < -0.4 is 5.32 Å². The highest BCUT2D eigenvalue weighted by atomic mass is 16.2. The van der Waals surface area contributed by atoms with E-state index in [0.29, 0.717) is 5.56 Å². The Hall–Kier alpha value is -1.64. The summed E-state index contributed by atoms with van der Waals surface area (Å²) in [7, 11) is 0. The number of hydrogen-bond donors (Lipinski definition) is 1. The lowest BCUT2D eigenvalue weighted by Crippen LogP contribution is -2.16. The lowest BCUT2D eigenvalue weighted by Gasteiger charge is -2.06. The molecule has 1 atom stereocenters. The Morgan fingerprint density at radius 2 is 1.94 bits per heavy atom. The van der Waals surface area contributed by atoms with Crippen LogP contribution in [0.3, 0.4) is 0 Å². The minimum absolute atomic E-state index is 0.0730. The molecular weight excluding hydrogens is 202 g/mol. The third kappa shape index (κ3) is 2.13. The van der Waals surface area contributed by atoms with Gasteiger partial charge in [0, 0.05) is 17.2 Å². The Bertz CT molecular complexity index is 420. The molecular formula is C13H15NO2. The summed E-state index contributed by atoms with van der Waals surface area (Å²) in [5.41, 5.74) is 1.51. The summed E-state index contributed by atoms with van der Waals surface area (Å²) >= 11 is 0. The summed E-state index contributed by atoms with van der Waals surface area (Å²) in [4.78, 5) is 22.2. The van der Waals surface area contributed by atoms with Crippen LogP contribution in [0.2, 0.25) is 0 Å². The van der Waals surface area contributed by atoms with E-state index in [1.54, 1.807) is 24.3 Å². The van der Waals surface area contributed by atoms with Gasteiger partial charge in [-0.2, -0.15) is 0 Å². The van der Waals surface area contributed by atoms with Crippen molar-refractivity contribution < 1.29 is 9.59 Å². The van der Waals surface area contributed by atoms with Crippen LogP contribution in [0.25, 0.3) is 0 Å². The zero-order chi connectivity index (χ0) is 11.8. The smallest absolute Gasteiger partial charge is 0.228 e.